The van der Waals surface area contributed by atoms with E-state index in [0.29, 0.717) is 24.2 Å². The molecule has 18 heavy (non-hydrogen) atoms. The van der Waals surface area contributed by atoms with E-state index in [9.17, 15) is 4.79 Å². The van der Waals surface area contributed by atoms with Gasteiger partial charge in [-0.05, 0) is 18.2 Å². The van der Waals surface area contributed by atoms with Gasteiger partial charge in [0.25, 0.3) is 5.91 Å². The lowest BCUT2D eigenvalue weighted by Crippen LogP contribution is -2.26. The highest BCUT2D eigenvalue weighted by Crippen LogP contribution is 2.18. The van der Waals surface area contributed by atoms with Crippen LogP contribution < -0.4 is 11.1 Å². The highest BCUT2D eigenvalue weighted by Gasteiger charge is 2.09. The minimum atomic E-state index is -0.167. The van der Waals surface area contributed by atoms with E-state index in [1.54, 1.807) is 30.7 Å². The molecule has 0 aliphatic rings. The second-order valence-electron chi connectivity index (χ2n) is 3.81. The number of nitrogen functional groups attached to an aromatic ring is 1. The molecular formula is C12H13BrN4O. The summed E-state index contributed by atoms with van der Waals surface area (Å²) in [6.45, 7) is 0.538. The Labute approximate surface area is 113 Å². The van der Waals surface area contributed by atoms with Gasteiger partial charge in [-0.25, -0.2) is 4.98 Å². The van der Waals surface area contributed by atoms with Crippen LogP contribution in [-0.4, -0.2) is 22.4 Å². The maximum absolute atomic E-state index is 11.9. The van der Waals surface area contributed by atoms with E-state index in [2.05, 4.69) is 31.2 Å². The largest absolute Gasteiger partial charge is 0.398 e. The van der Waals surface area contributed by atoms with E-state index < -0.39 is 0 Å². The fourth-order valence-corrected chi connectivity index (χ4v) is 1.95. The van der Waals surface area contributed by atoms with Crippen molar-refractivity contribution >= 4 is 27.5 Å². The SMILES string of the molecule is Nc1cc(Br)ccc1C(=O)NCCc1cnc[nH]1. The van der Waals surface area contributed by atoms with Crippen molar-refractivity contribution in [2.24, 2.45) is 0 Å². The molecule has 5 nitrogen and oxygen atoms in total. The van der Waals surface area contributed by atoms with Crippen LogP contribution >= 0.6 is 15.9 Å². The van der Waals surface area contributed by atoms with E-state index in [4.69, 9.17) is 5.73 Å². The van der Waals surface area contributed by atoms with Gasteiger partial charge in [-0.1, -0.05) is 15.9 Å². The molecule has 1 amide bonds. The maximum Gasteiger partial charge on any atom is 0.253 e. The van der Waals surface area contributed by atoms with Crippen LogP contribution in [0.15, 0.2) is 35.2 Å². The number of carbonyl (C=O) groups excluding carboxylic acids is 1. The summed E-state index contributed by atoms with van der Waals surface area (Å²) in [6, 6.07) is 5.20. The number of halogens is 1. The zero-order chi connectivity index (χ0) is 13.0. The van der Waals surface area contributed by atoms with E-state index in [-0.39, 0.29) is 5.91 Å². The van der Waals surface area contributed by atoms with Crippen molar-refractivity contribution in [1.82, 2.24) is 15.3 Å². The molecule has 0 spiro atoms. The van der Waals surface area contributed by atoms with Gasteiger partial charge >= 0.3 is 0 Å². The van der Waals surface area contributed by atoms with Crippen molar-refractivity contribution in [1.29, 1.82) is 0 Å². The number of hydrogen-bond acceptors (Lipinski definition) is 3. The van der Waals surface area contributed by atoms with Gasteiger partial charge in [0, 0.05) is 35.0 Å². The monoisotopic (exact) mass is 308 g/mol. The Morgan fingerprint density at radius 2 is 2.33 bits per heavy atom. The summed E-state index contributed by atoms with van der Waals surface area (Å²) in [5.74, 6) is -0.167. The summed E-state index contributed by atoms with van der Waals surface area (Å²) >= 11 is 3.30. The lowest BCUT2D eigenvalue weighted by atomic mass is 10.1. The number of nitrogens with one attached hydrogen (secondary N) is 2. The topological polar surface area (TPSA) is 83.8 Å². The van der Waals surface area contributed by atoms with Crippen LogP contribution in [0.25, 0.3) is 0 Å². The second-order valence-corrected chi connectivity index (χ2v) is 4.73. The van der Waals surface area contributed by atoms with Gasteiger partial charge in [-0.15, -0.1) is 0 Å². The normalized spacial score (nSPS) is 10.3. The molecule has 4 N–H and O–H groups in total. The van der Waals surface area contributed by atoms with Crippen LogP contribution in [0.3, 0.4) is 0 Å². The Kier molecular flexibility index (Phi) is 3.99. The molecule has 1 heterocycles. The molecule has 0 atom stereocenters. The molecule has 1 aromatic carbocycles. The molecular weight excluding hydrogens is 296 g/mol. The van der Waals surface area contributed by atoms with Crippen molar-refractivity contribution in [3.8, 4) is 0 Å². The highest BCUT2D eigenvalue weighted by atomic mass is 79.9. The van der Waals surface area contributed by atoms with Crippen molar-refractivity contribution in [3.05, 3.63) is 46.5 Å². The first-order valence-corrected chi connectivity index (χ1v) is 6.26. The Morgan fingerprint density at radius 1 is 1.50 bits per heavy atom. The zero-order valence-electron chi connectivity index (χ0n) is 9.61. The number of aromatic amines is 1. The molecule has 0 radical (unpaired) electrons. The summed E-state index contributed by atoms with van der Waals surface area (Å²) < 4.78 is 0.856. The van der Waals surface area contributed by atoms with Crippen molar-refractivity contribution in [2.75, 3.05) is 12.3 Å². The molecule has 0 saturated heterocycles. The first-order valence-electron chi connectivity index (χ1n) is 5.47. The number of nitrogens with zero attached hydrogens (tertiary/aromatic N) is 1. The molecule has 0 unspecified atom stereocenters. The summed E-state index contributed by atoms with van der Waals surface area (Å²) in [6.07, 6.45) is 4.06. The van der Waals surface area contributed by atoms with E-state index in [1.807, 2.05) is 0 Å². The van der Waals surface area contributed by atoms with Crippen LogP contribution in [0.4, 0.5) is 5.69 Å². The molecule has 0 aliphatic carbocycles. The third-order valence-electron chi connectivity index (χ3n) is 2.49. The Morgan fingerprint density at radius 3 is 3.00 bits per heavy atom. The number of rotatable bonds is 4. The third kappa shape index (κ3) is 3.10. The van der Waals surface area contributed by atoms with E-state index in [0.717, 1.165) is 10.2 Å². The fourth-order valence-electron chi connectivity index (χ4n) is 1.57. The number of hydrogen-bond donors (Lipinski definition) is 3. The van der Waals surface area contributed by atoms with Crippen molar-refractivity contribution in [3.63, 3.8) is 0 Å². The Hall–Kier alpha value is -1.82. The van der Waals surface area contributed by atoms with Gasteiger partial charge in [0.2, 0.25) is 0 Å². The smallest absolute Gasteiger partial charge is 0.253 e. The van der Waals surface area contributed by atoms with E-state index in [1.165, 1.54) is 0 Å². The third-order valence-corrected chi connectivity index (χ3v) is 2.99. The lowest BCUT2D eigenvalue weighted by Gasteiger charge is -2.07. The van der Waals surface area contributed by atoms with Crippen LogP contribution in [0.1, 0.15) is 16.1 Å². The molecule has 2 aromatic rings. The molecule has 1 aromatic heterocycles. The molecule has 0 fully saturated rings. The average molecular weight is 309 g/mol. The molecule has 94 valence electrons. The first-order chi connectivity index (χ1) is 8.66. The predicted octanol–water partition coefficient (Wildman–Crippen LogP) is 1.73. The fraction of sp³-hybridized carbons (Fsp3) is 0.167. The van der Waals surface area contributed by atoms with Gasteiger partial charge in [0.15, 0.2) is 0 Å². The van der Waals surface area contributed by atoms with Crippen LogP contribution in [0, 0.1) is 0 Å². The Balaban J connectivity index is 1.91. The van der Waals surface area contributed by atoms with Gasteiger partial charge in [0.05, 0.1) is 11.9 Å². The number of imidazole rings is 1. The summed E-state index contributed by atoms with van der Waals surface area (Å²) in [5, 5.41) is 2.82. The average Bonchev–Trinajstić information content (AvgIpc) is 2.81. The number of nitrogens with two attached hydrogens (primary N) is 1. The van der Waals surface area contributed by atoms with Gasteiger partial charge < -0.3 is 16.0 Å². The minimum Gasteiger partial charge on any atom is -0.398 e. The number of benzene rings is 1. The second kappa shape index (κ2) is 5.68. The number of H-pyrrole nitrogens is 1. The Bertz CT molecular complexity index is 539. The molecule has 2 rings (SSSR count). The quantitative estimate of drug-likeness (QED) is 0.752. The molecule has 0 saturated carbocycles. The minimum absolute atomic E-state index is 0.167. The van der Waals surface area contributed by atoms with Crippen LogP contribution in [-0.2, 0) is 6.42 Å². The molecule has 0 bridgehead atoms. The van der Waals surface area contributed by atoms with Crippen molar-refractivity contribution in [2.45, 2.75) is 6.42 Å². The van der Waals surface area contributed by atoms with Gasteiger partial charge in [-0.2, -0.15) is 0 Å². The van der Waals surface area contributed by atoms with Crippen LogP contribution in [0.2, 0.25) is 0 Å². The summed E-state index contributed by atoms with van der Waals surface area (Å²) in [5.41, 5.74) is 7.72. The summed E-state index contributed by atoms with van der Waals surface area (Å²) in [7, 11) is 0. The maximum atomic E-state index is 11.9. The van der Waals surface area contributed by atoms with E-state index >= 15 is 0 Å². The standard InChI is InChI=1S/C12H13BrN4O/c13-8-1-2-10(11(14)5-8)12(18)16-4-3-9-6-15-7-17-9/h1-2,5-7H,3-4,14H2,(H,15,17)(H,16,18). The zero-order valence-corrected chi connectivity index (χ0v) is 11.2. The number of carbonyl (C=O) groups is 1. The van der Waals surface area contributed by atoms with Gasteiger partial charge in [0.1, 0.15) is 0 Å². The summed E-state index contributed by atoms with van der Waals surface area (Å²) in [4.78, 5) is 18.8. The number of aromatic nitrogens is 2. The molecule has 0 aliphatic heterocycles. The molecule has 6 heteroatoms. The predicted molar refractivity (Wildman–Crippen MR) is 73.2 cm³/mol. The van der Waals surface area contributed by atoms with Crippen molar-refractivity contribution < 1.29 is 4.79 Å². The number of anilines is 1. The number of amides is 1. The lowest BCUT2D eigenvalue weighted by molar-refractivity contribution is 0.0955. The van der Waals surface area contributed by atoms with Gasteiger partial charge in [-0.3, -0.25) is 4.79 Å². The first kappa shape index (κ1) is 12.6. The van der Waals surface area contributed by atoms with Crippen LogP contribution in [0.5, 0.6) is 0 Å². The highest BCUT2D eigenvalue weighted by molar-refractivity contribution is 9.10.